The van der Waals surface area contributed by atoms with Crippen LogP contribution in [0.15, 0.2) is 6.07 Å². The molecule has 0 amide bonds. The molecule has 2 fully saturated rings. The lowest BCUT2D eigenvalue weighted by Crippen LogP contribution is -2.48. The van der Waals surface area contributed by atoms with Crippen molar-refractivity contribution in [1.82, 2.24) is 19.8 Å². The molecule has 4 N–H and O–H groups in total. The topological polar surface area (TPSA) is 87.5 Å². The molecule has 1 aromatic rings. The summed E-state index contributed by atoms with van der Waals surface area (Å²) in [5, 5.41) is 0. The Morgan fingerprint density at radius 3 is 2.32 bits per heavy atom. The van der Waals surface area contributed by atoms with Gasteiger partial charge in [0.15, 0.2) is 0 Å². The molecule has 0 atom stereocenters. The van der Waals surface area contributed by atoms with E-state index in [4.69, 9.17) is 11.5 Å². The van der Waals surface area contributed by atoms with Crippen LogP contribution >= 0.6 is 24.8 Å². The predicted molar refractivity (Wildman–Crippen MR) is 108 cm³/mol. The van der Waals surface area contributed by atoms with E-state index in [1.165, 1.54) is 0 Å². The molecule has 2 heterocycles. The number of hydrogen-bond acceptors (Lipinski definition) is 7. The minimum atomic E-state index is 0. The molecule has 1 aromatic heterocycles. The van der Waals surface area contributed by atoms with Crippen molar-refractivity contribution in [3.05, 3.63) is 11.8 Å². The van der Waals surface area contributed by atoms with E-state index in [0.717, 1.165) is 63.6 Å². The van der Waals surface area contributed by atoms with Crippen LogP contribution in [0.5, 0.6) is 0 Å². The van der Waals surface area contributed by atoms with Gasteiger partial charge in [-0.05, 0) is 26.9 Å². The minimum absolute atomic E-state index is 0. The second-order valence-electron chi connectivity index (χ2n) is 7.07. The number of aromatic nitrogens is 2. The third kappa shape index (κ3) is 5.82. The summed E-state index contributed by atoms with van der Waals surface area (Å²) in [7, 11) is 4.24. The van der Waals surface area contributed by atoms with Crippen molar-refractivity contribution in [3.63, 3.8) is 0 Å². The maximum absolute atomic E-state index is 5.93. The van der Waals surface area contributed by atoms with E-state index in [2.05, 4.69) is 44.8 Å². The summed E-state index contributed by atoms with van der Waals surface area (Å²) < 4.78 is 0. The van der Waals surface area contributed by atoms with Crippen LogP contribution in [-0.4, -0.2) is 79.2 Å². The first-order chi connectivity index (χ1) is 11.0. The van der Waals surface area contributed by atoms with Gasteiger partial charge in [0.25, 0.3) is 0 Å². The van der Waals surface area contributed by atoms with Crippen LogP contribution in [0.1, 0.15) is 24.5 Å². The van der Waals surface area contributed by atoms with E-state index in [1.54, 1.807) is 0 Å². The normalized spacial score (nSPS) is 23.6. The van der Waals surface area contributed by atoms with Crippen LogP contribution in [0.4, 0.5) is 11.8 Å². The fourth-order valence-electron chi connectivity index (χ4n) is 3.29. The highest BCUT2D eigenvalue weighted by Crippen LogP contribution is 2.35. The molecule has 25 heavy (non-hydrogen) atoms. The van der Waals surface area contributed by atoms with Crippen molar-refractivity contribution in [2.75, 3.05) is 64.0 Å². The van der Waals surface area contributed by atoms with E-state index < -0.39 is 0 Å². The largest absolute Gasteiger partial charge is 0.368 e. The molecule has 0 bridgehead atoms. The van der Waals surface area contributed by atoms with Crippen molar-refractivity contribution in [2.24, 2.45) is 5.73 Å². The highest BCUT2D eigenvalue weighted by Gasteiger charge is 2.29. The first kappa shape index (κ1) is 22.2. The van der Waals surface area contributed by atoms with Gasteiger partial charge in [0.05, 0.1) is 5.69 Å². The number of piperazine rings is 1. The number of nitrogens with two attached hydrogens (primary N) is 2. The van der Waals surface area contributed by atoms with E-state index >= 15 is 0 Å². The summed E-state index contributed by atoms with van der Waals surface area (Å²) in [6.07, 6.45) is 2.02. The number of nitrogen functional groups attached to an aromatic ring is 1. The first-order valence-corrected chi connectivity index (χ1v) is 8.53. The third-order valence-corrected chi connectivity index (χ3v) is 4.90. The molecular formula is C16H31Cl2N7. The summed E-state index contributed by atoms with van der Waals surface area (Å²) in [5.41, 5.74) is 12.9. The quantitative estimate of drug-likeness (QED) is 0.766. The maximum atomic E-state index is 5.93. The second-order valence-corrected chi connectivity index (χ2v) is 7.07. The number of nitrogens with zero attached hydrogens (tertiary/aromatic N) is 5. The molecule has 9 heteroatoms. The van der Waals surface area contributed by atoms with Crippen LogP contribution < -0.4 is 16.4 Å². The number of hydrogen-bond donors (Lipinski definition) is 2. The van der Waals surface area contributed by atoms with Gasteiger partial charge in [0, 0.05) is 57.3 Å². The summed E-state index contributed by atoms with van der Waals surface area (Å²) in [6, 6.07) is 2.43. The molecule has 1 aliphatic carbocycles. The fourth-order valence-corrected chi connectivity index (χ4v) is 3.29. The molecule has 1 saturated heterocycles. The first-order valence-electron chi connectivity index (χ1n) is 8.53. The summed E-state index contributed by atoms with van der Waals surface area (Å²) in [6.45, 7) is 6.36. The molecule has 1 aliphatic heterocycles. The van der Waals surface area contributed by atoms with Gasteiger partial charge < -0.3 is 21.3 Å². The Morgan fingerprint density at radius 1 is 1.12 bits per heavy atom. The van der Waals surface area contributed by atoms with Crippen LogP contribution in [-0.2, 0) is 0 Å². The van der Waals surface area contributed by atoms with Gasteiger partial charge in [-0.25, -0.2) is 4.98 Å². The fraction of sp³-hybridized carbons (Fsp3) is 0.750. The lowest BCUT2D eigenvalue weighted by molar-refractivity contribution is 0.229. The molecule has 144 valence electrons. The standard InChI is InChI=1S/C16H29N7.2ClH/c1-21(2)3-4-22-5-7-23(8-6-22)15-11-14(19-16(18)20-15)12-9-13(17)10-12;;/h11-13H,3-10,17H2,1-2H3,(H2,18,19,20);2*1H. The average Bonchev–Trinajstić information content (AvgIpc) is 2.49. The van der Waals surface area contributed by atoms with Gasteiger partial charge in [-0.3, -0.25) is 4.90 Å². The van der Waals surface area contributed by atoms with Gasteiger partial charge in [-0.15, -0.1) is 24.8 Å². The third-order valence-electron chi connectivity index (χ3n) is 4.90. The molecule has 0 spiro atoms. The highest BCUT2D eigenvalue weighted by molar-refractivity contribution is 5.85. The van der Waals surface area contributed by atoms with Crippen molar-refractivity contribution in [1.29, 1.82) is 0 Å². The SMILES string of the molecule is CN(C)CCN1CCN(c2cc(C3CC(N)C3)nc(N)n2)CC1.Cl.Cl. The monoisotopic (exact) mass is 391 g/mol. The average molecular weight is 392 g/mol. The molecule has 3 rings (SSSR count). The zero-order valence-corrected chi connectivity index (χ0v) is 16.7. The molecule has 7 nitrogen and oxygen atoms in total. The van der Waals surface area contributed by atoms with Crippen LogP contribution in [0.25, 0.3) is 0 Å². The molecule has 1 saturated carbocycles. The molecule has 0 radical (unpaired) electrons. The summed E-state index contributed by atoms with van der Waals surface area (Å²) in [4.78, 5) is 15.9. The molecule has 0 unspecified atom stereocenters. The Hall–Kier alpha value is -0.860. The van der Waals surface area contributed by atoms with Crippen LogP contribution in [0.2, 0.25) is 0 Å². The Labute approximate surface area is 163 Å². The van der Waals surface area contributed by atoms with E-state index in [1.807, 2.05) is 0 Å². The maximum Gasteiger partial charge on any atom is 0.222 e. The zero-order chi connectivity index (χ0) is 16.4. The van der Waals surface area contributed by atoms with Gasteiger partial charge in [0.2, 0.25) is 5.95 Å². The molecule has 0 aromatic carbocycles. The van der Waals surface area contributed by atoms with E-state index in [-0.39, 0.29) is 24.8 Å². The van der Waals surface area contributed by atoms with Crippen molar-refractivity contribution >= 4 is 36.6 Å². The van der Waals surface area contributed by atoms with E-state index in [9.17, 15) is 0 Å². The molecule has 2 aliphatic rings. The van der Waals surface area contributed by atoms with Gasteiger partial charge in [-0.2, -0.15) is 4.98 Å². The highest BCUT2D eigenvalue weighted by atomic mass is 35.5. The smallest absolute Gasteiger partial charge is 0.222 e. The minimum Gasteiger partial charge on any atom is -0.368 e. The van der Waals surface area contributed by atoms with Crippen molar-refractivity contribution < 1.29 is 0 Å². The number of likely N-dealkylation sites (N-methyl/N-ethyl adjacent to an activating group) is 1. The number of rotatable bonds is 5. The van der Waals surface area contributed by atoms with Crippen LogP contribution in [0.3, 0.4) is 0 Å². The predicted octanol–water partition coefficient (Wildman–Crippen LogP) is 0.791. The Balaban J connectivity index is 0.00000156. The number of halogens is 2. The van der Waals surface area contributed by atoms with Gasteiger partial charge >= 0.3 is 0 Å². The summed E-state index contributed by atoms with van der Waals surface area (Å²) >= 11 is 0. The lowest BCUT2D eigenvalue weighted by atomic mass is 9.78. The van der Waals surface area contributed by atoms with Crippen molar-refractivity contribution in [3.8, 4) is 0 Å². The number of anilines is 2. The Kier molecular flexibility index (Phi) is 8.63. The Morgan fingerprint density at radius 2 is 1.76 bits per heavy atom. The second kappa shape index (κ2) is 9.73. The molecular weight excluding hydrogens is 361 g/mol. The van der Waals surface area contributed by atoms with Crippen molar-refractivity contribution in [2.45, 2.75) is 24.8 Å². The van der Waals surface area contributed by atoms with Gasteiger partial charge in [0.1, 0.15) is 5.82 Å². The zero-order valence-electron chi connectivity index (χ0n) is 15.1. The lowest BCUT2D eigenvalue weighted by Gasteiger charge is -2.36. The van der Waals surface area contributed by atoms with E-state index in [0.29, 0.717) is 17.9 Å². The van der Waals surface area contributed by atoms with Crippen LogP contribution in [0, 0.1) is 0 Å². The van der Waals surface area contributed by atoms with Gasteiger partial charge in [-0.1, -0.05) is 0 Å². The Bertz CT molecular complexity index is 529. The summed E-state index contributed by atoms with van der Waals surface area (Å²) in [5.74, 6) is 1.81.